The van der Waals surface area contributed by atoms with Gasteiger partial charge in [0.2, 0.25) is 0 Å². The minimum atomic E-state index is 0.376. The Balaban J connectivity index is 2.05. The molecule has 4 nitrogen and oxygen atoms in total. The molecule has 1 aromatic heterocycles. The Kier molecular flexibility index (Phi) is 5.57. The molecule has 1 N–H and O–H groups in total. The summed E-state index contributed by atoms with van der Waals surface area (Å²) in [6, 6.07) is 3.43. The summed E-state index contributed by atoms with van der Waals surface area (Å²) in [4.78, 5) is 11.7. The zero-order valence-corrected chi connectivity index (χ0v) is 14.2. The second-order valence-corrected chi connectivity index (χ2v) is 6.55. The molecule has 0 amide bonds. The van der Waals surface area contributed by atoms with Crippen molar-refractivity contribution in [3.05, 3.63) is 17.6 Å². The van der Waals surface area contributed by atoms with Crippen molar-refractivity contribution in [3.8, 4) is 0 Å². The lowest BCUT2D eigenvalue weighted by atomic mass is 9.90. The third-order valence-corrected chi connectivity index (χ3v) is 4.47. The number of hydrogen-bond donors (Lipinski definition) is 1. The summed E-state index contributed by atoms with van der Waals surface area (Å²) >= 11 is 0. The minimum Gasteiger partial charge on any atom is -0.357 e. The zero-order valence-electron chi connectivity index (χ0n) is 14.2. The Bertz CT molecular complexity index is 450. The molecule has 1 heterocycles. The van der Waals surface area contributed by atoms with Crippen molar-refractivity contribution in [2.24, 2.45) is 0 Å². The van der Waals surface area contributed by atoms with Gasteiger partial charge in [0.1, 0.15) is 11.6 Å². The van der Waals surface area contributed by atoms with Gasteiger partial charge in [-0.1, -0.05) is 20.8 Å². The lowest BCUT2D eigenvalue weighted by molar-refractivity contribution is 0.340. The maximum atomic E-state index is 4.76. The summed E-state index contributed by atoms with van der Waals surface area (Å²) in [7, 11) is 2.18. The summed E-state index contributed by atoms with van der Waals surface area (Å²) in [6.07, 6.45) is 5.02. The molecule has 0 aliphatic heterocycles. The molecule has 1 aliphatic rings. The van der Waals surface area contributed by atoms with Gasteiger partial charge in [-0.25, -0.2) is 9.97 Å². The number of nitrogens with one attached hydrogen (secondary N) is 1. The van der Waals surface area contributed by atoms with Crippen LogP contribution >= 0.6 is 0 Å². The van der Waals surface area contributed by atoms with Crippen LogP contribution in [0.4, 0.5) is 5.82 Å². The van der Waals surface area contributed by atoms with Crippen molar-refractivity contribution < 1.29 is 0 Å². The number of hydrogen-bond acceptors (Lipinski definition) is 4. The van der Waals surface area contributed by atoms with Crippen LogP contribution in [0.5, 0.6) is 0 Å². The van der Waals surface area contributed by atoms with Gasteiger partial charge in [-0.3, -0.25) is 0 Å². The first-order valence-corrected chi connectivity index (χ1v) is 8.33. The van der Waals surface area contributed by atoms with Crippen molar-refractivity contribution in [3.63, 3.8) is 0 Å². The SMILES string of the molecule is CCNC1CCC(N(C)c2cc(C)nc(C(C)C)n2)CC1. The smallest absolute Gasteiger partial charge is 0.133 e. The van der Waals surface area contributed by atoms with Gasteiger partial charge in [0.25, 0.3) is 0 Å². The Hall–Kier alpha value is -1.16. The van der Waals surface area contributed by atoms with Crippen LogP contribution in [0.25, 0.3) is 0 Å². The van der Waals surface area contributed by atoms with E-state index in [1.807, 2.05) is 0 Å². The average Bonchev–Trinajstić information content (AvgIpc) is 2.47. The standard InChI is InChI=1S/C17H30N4/c1-6-18-14-7-9-15(10-8-14)21(5)16-11-13(4)19-17(20-16)12(2)3/h11-12,14-15,18H,6-10H2,1-5H3. The van der Waals surface area contributed by atoms with E-state index in [4.69, 9.17) is 4.98 Å². The molecule has 2 rings (SSSR count). The zero-order chi connectivity index (χ0) is 15.4. The number of rotatable bonds is 5. The molecule has 0 spiro atoms. The molecule has 0 aromatic carbocycles. The Morgan fingerprint density at radius 1 is 1.24 bits per heavy atom. The van der Waals surface area contributed by atoms with Crippen molar-refractivity contribution >= 4 is 5.82 Å². The molecule has 21 heavy (non-hydrogen) atoms. The first kappa shape index (κ1) is 16.2. The highest BCUT2D eigenvalue weighted by molar-refractivity contribution is 5.40. The molecule has 1 fully saturated rings. The van der Waals surface area contributed by atoms with Crippen LogP contribution in [-0.4, -0.2) is 35.6 Å². The van der Waals surface area contributed by atoms with E-state index in [1.165, 1.54) is 25.7 Å². The fraction of sp³-hybridized carbons (Fsp3) is 0.765. The van der Waals surface area contributed by atoms with Gasteiger partial charge >= 0.3 is 0 Å². The van der Waals surface area contributed by atoms with Crippen molar-refractivity contribution in [1.29, 1.82) is 0 Å². The second kappa shape index (κ2) is 7.21. The van der Waals surface area contributed by atoms with E-state index in [9.17, 15) is 0 Å². The summed E-state index contributed by atoms with van der Waals surface area (Å²) in [6.45, 7) is 9.64. The maximum Gasteiger partial charge on any atom is 0.133 e. The Labute approximate surface area is 129 Å². The fourth-order valence-corrected chi connectivity index (χ4v) is 3.16. The van der Waals surface area contributed by atoms with Crippen LogP contribution < -0.4 is 10.2 Å². The molecule has 0 bridgehead atoms. The first-order chi connectivity index (χ1) is 10.0. The largest absolute Gasteiger partial charge is 0.357 e. The van der Waals surface area contributed by atoms with Gasteiger partial charge in [0.05, 0.1) is 0 Å². The van der Waals surface area contributed by atoms with Gasteiger partial charge < -0.3 is 10.2 Å². The average molecular weight is 290 g/mol. The van der Waals surface area contributed by atoms with E-state index < -0.39 is 0 Å². The molecule has 0 radical (unpaired) electrons. The predicted molar refractivity (Wildman–Crippen MR) is 89.0 cm³/mol. The number of aryl methyl sites for hydroxylation is 1. The van der Waals surface area contributed by atoms with Crippen LogP contribution in [-0.2, 0) is 0 Å². The lowest BCUT2D eigenvalue weighted by Crippen LogP contribution is -2.41. The number of anilines is 1. The monoisotopic (exact) mass is 290 g/mol. The highest BCUT2D eigenvalue weighted by Crippen LogP contribution is 2.26. The molecule has 1 aromatic rings. The van der Waals surface area contributed by atoms with E-state index in [1.54, 1.807) is 0 Å². The molecular formula is C17H30N4. The van der Waals surface area contributed by atoms with Crippen molar-refractivity contribution in [2.45, 2.75) is 71.4 Å². The molecular weight excluding hydrogens is 260 g/mol. The summed E-state index contributed by atoms with van der Waals surface area (Å²) in [5.41, 5.74) is 1.07. The van der Waals surface area contributed by atoms with Crippen LogP contribution in [0.2, 0.25) is 0 Å². The third kappa shape index (κ3) is 4.16. The maximum absolute atomic E-state index is 4.76. The minimum absolute atomic E-state index is 0.376. The summed E-state index contributed by atoms with van der Waals surface area (Å²) in [5, 5.41) is 3.57. The Morgan fingerprint density at radius 3 is 2.48 bits per heavy atom. The van der Waals surface area contributed by atoms with E-state index in [0.717, 1.165) is 23.9 Å². The van der Waals surface area contributed by atoms with E-state index in [2.05, 4.69) is 56.0 Å². The molecule has 0 saturated heterocycles. The van der Waals surface area contributed by atoms with E-state index in [0.29, 0.717) is 18.0 Å². The summed E-state index contributed by atoms with van der Waals surface area (Å²) in [5.74, 6) is 2.41. The third-order valence-electron chi connectivity index (χ3n) is 4.47. The van der Waals surface area contributed by atoms with Crippen LogP contribution in [0.15, 0.2) is 6.07 Å². The van der Waals surface area contributed by atoms with Crippen LogP contribution in [0.3, 0.4) is 0 Å². The predicted octanol–water partition coefficient (Wildman–Crippen LogP) is 3.27. The number of aromatic nitrogens is 2. The molecule has 0 atom stereocenters. The highest BCUT2D eigenvalue weighted by Gasteiger charge is 2.24. The van der Waals surface area contributed by atoms with Gasteiger partial charge in [-0.2, -0.15) is 0 Å². The van der Waals surface area contributed by atoms with E-state index in [-0.39, 0.29) is 0 Å². The van der Waals surface area contributed by atoms with Crippen molar-refractivity contribution in [1.82, 2.24) is 15.3 Å². The van der Waals surface area contributed by atoms with E-state index >= 15 is 0 Å². The van der Waals surface area contributed by atoms with Gasteiger partial charge in [0, 0.05) is 36.8 Å². The lowest BCUT2D eigenvalue weighted by Gasteiger charge is -2.35. The normalized spacial score (nSPS) is 22.6. The molecule has 4 heteroatoms. The second-order valence-electron chi connectivity index (χ2n) is 6.55. The molecule has 1 saturated carbocycles. The first-order valence-electron chi connectivity index (χ1n) is 8.33. The van der Waals surface area contributed by atoms with Crippen molar-refractivity contribution in [2.75, 3.05) is 18.5 Å². The quantitative estimate of drug-likeness (QED) is 0.903. The van der Waals surface area contributed by atoms with Gasteiger partial charge in [-0.15, -0.1) is 0 Å². The number of nitrogens with zero attached hydrogens (tertiary/aromatic N) is 3. The topological polar surface area (TPSA) is 41.0 Å². The van der Waals surface area contributed by atoms with Crippen LogP contribution in [0, 0.1) is 6.92 Å². The van der Waals surface area contributed by atoms with Gasteiger partial charge in [0.15, 0.2) is 0 Å². The molecule has 118 valence electrons. The van der Waals surface area contributed by atoms with Gasteiger partial charge in [-0.05, 0) is 39.2 Å². The summed E-state index contributed by atoms with van der Waals surface area (Å²) < 4.78 is 0. The fourth-order valence-electron chi connectivity index (χ4n) is 3.16. The van der Waals surface area contributed by atoms with Crippen LogP contribution in [0.1, 0.15) is 63.9 Å². The highest BCUT2D eigenvalue weighted by atomic mass is 15.2. The molecule has 0 unspecified atom stereocenters. The molecule has 1 aliphatic carbocycles. The Morgan fingerprint density at radius 2 is 1.90 bits per heavy atom.